The second kappa shape index (κ2) is 11.9. The Balaban J connectivity index is 1.60. The molecule has 0 unspecified atom stereocenters. The molecule has 180 valence electrons. The second-order valence-electron chi connectivity index (χ2n) is 7.79. The molecule has 4 aromatic rings. The molecule has 4 rings (SSSR count). The molecule has 0 saturated carbocycles. The van der Waals surface area contributed by atoms with Gasteiger partial charge in [0, 0.05) is 4.47 Å². The Hall–Kier alpha value is -3.60. The van der Waals surface area contributed by atoms with Crippen molar-refractivity contribution in [3.8, 4) is 17.6 Å². The summed E-state index contributed by atoms with van der Waals surface area (Å²) in [6.45, 7) is 2.67. The van der Waals surface area contributed by atoms with Crippen LogP contribution in [0.15, 0.2) is 93.4 Å². The summed E-state index contributed by atoms with van der Waals surface area (Å²) in [4.78, 5) is 12.7. The molecule has 7 heteroatoms. The van der Waals surface area contributed by atoms with Crippen LogP contribution in [0.2, 0.25) is 0 Å². The van der Waals surface area contributed by atoms with E-state index in [1.807, 2.05) is 49.4 Å². The van der Waals surface area contributed by atoms with Crippen molar-refractivity contribution in [2.45, 2.75) is 13.5 Å². The number of ether oxygens (including phenoxy) is 2. The Morgan fingerprint density at radius 1 is 0.972 bits per heavy atom. The van der Waals surface area contributed by atoms with E-state index in [4.69, 9.17) is 9.47 Å². The average molecular weight is 606 g/mol. The summed E-state index contributed by atoms with van der Waals surface area (Å²) in [5, 5.41) is 14.7. The van der Waals surface area contributed by atoms with E-state index < -0.39 is 5.91 Å². The topological polar surface area (TPSA) is 71.3 Å². The van der Waals surface area contributed by atoms with Crippen molar-refractivity contribution in [3.63, 3.8) is 0 Å². The lowest BCUT2D eigenvalue weighted by atomic mass is 10.1. The zero-order valence-electron chi connectivity index (χ0n) is 19.4. The smallest absolute Gasteiger partial charge is 0.266 e. The third-order valence-electron chi connectivity index (χ3n) is 5.38. The fourth-order valence-electron chi connectivity index (χ4n) is 3.71. The van der Waals surface area contributed by atoms with Crippen molar-refractivity contribution in [2.75, 3.05) is 11.9 Å². The maximum Gasteiger partial charge on any atom is 0.266 e. The van der Waals surface area contributed by atoms with Gasteiger partial charge < -0.3 is 14.8 Å². The van der Waals surface area contributed by atoms with Crippen LogP contribution in [0.3, 0.4) is 0 Å². The largest absolute Gasteiger partial charge is 0.490 e. The highest BCUT2D eigenvalue weighted by atomic mass is 79.9. The van der Waals surface area contributed by atoms with Gasteiger partial charge in [-0.2, -0.15) is 5.26 Å². The first-order valence-corrected chi connectivity index (χ1v) is 12.8. The molecule has 36 heavy (non-hydrogen) atoms. The summed E-state index contributed by atoms with van der Waals surface area (Å²) in [6, 6.07) is 27.0. The Bertz CT molecular complexity index is 1490. The summed E-state index contributed by atoms with van der Waals surface area (Å²) >= 11 is 6.98. The van der Waals surface area contributed by atoms with E-state index in [1.165, 1.54) is 6.08 Å². The number of nitriles is 1. The molecule has 0 saturated heterocycles. The molecule has 0 spiro atoms. The van der Waals surface area contributed by atoms with Crippen LogP contribution in [-0.4, -0.2) is 12.5 Å². The monoisotopic (exact) mass is 604 g/mol. The van der Waals surface area contributed by atoms with Crippen molar-refractivity contribution in [2.24, 2.45) is 0 Å². The van der Waals surface area contributed by atoms with Crippen LogP contribution < -0.4 is 14.8 Å². The summed E-state index contributed by atoms with van der Waals surface area (Å²) in [6.07, 6.45) is 1.52. The van der Waals surface area contributed by atoms with Crippen LogP contribution in [0, 0.1) is 11.3 Å². The van der Waals surface area contributed by atoms with Crippen molar-refractivity contribution >= 4 is 60.3 Å². The molecule has 1 N–H and O–H groups in total. The van der Waals surface area contributed by atoms with E-state index in [1.54, 1.807) is 24.3 Å². The third-order valence-corrected chi connectivity index (χ3v) is 6.66. The predicted molar refractivity (Wildman–Crippen MR) is 150 cm³/mol. The van der Waals surface area contributed by atoms with Crippen molar-refractivity contribution < 1.29 is 14.3 Å². The normalized spacial score (nSPS) is 11.1. The highest BCUT2D eigenvalue weighted by molar-refractivity contribution is 9.11. The third kappa shape index (κ3) is 5.96. The van der Waals surface area contributed by atoms with E-state index in [0.29, 0.717) is 40.4 Å². The van der Waals surface area contributed by atoms with Crippen LogP contribution >= 0.6 is 31.9 Å². The standard InChI is InChI=1S/C29H22Br2N2O3/c1-2-35-27-16-19(14-22(17-32)29(34)33-26-13-6-5-12-24(26)30)15-25(31)28(27)36-18-21-10-7-9-20-8-3-4-11-23(20)21/h3-16H,2,18H2,1H3,(H,33,34)/b22-14+. The predicted octanol–water partition coefficient (Wildman–Crippen LogP) is 7.89. The number of amides is 1. The SMILES string of the molecule is CCOc1cc(/C=C(\C#N)C(=O)Nc2ccccc2Br)cc(Br)c1OCc1cccc2ccccc12. The first-order valence-electron chi connectivity index (χ1n) is 11.2. The molecule has 0 fully saturated rings. The first-order chi connectivity index (χ1) is 17.5. The van der Waals surface area contributed by atoms with Crippen molar-refractivity contribution in [3.05, 3.63) is 105 Å². The first kappa shape index (κ1) is 25.5. The van der Waals surface area contributed by atoms with Crippen molar-refractivity contribution in [1.29, 1.82) is 5.26 Å². The van der Waals surface area contributed by atoms with E-state index in [9.17, 15) is 10.1 Å². The molecule has 0 aliphatic heterocycles. The Kier molecular flexibility index (Phi) is 8.42. The summed E-state index contributed by atoms with van der Waals surface area (Å²) < 4.78 is 13.4. The van der Waals surface area contributed by atoms with E-state index in [-0.39, 0.29) is 5.57 Å². The lowest BCUT2D eigenvalue weighted by Crippen LogP contribution is -2.13. The highest BCUT2D eigenvalue weighted by Crippen LogP contribution is 2.38. The Morgan fingerprint density at radius 2 is 1.72 bits per heavy atom. The minimum absolute atomic E-state index is 0.0375. The van der Waals surface area contributed by atoms with Gasteiger partial charge >= 0.3 is 0 Å². The number of carbonyl (C=O) groups is 1. The van der Waals surface area contributed by atoms with Gasteiger partial charge in [-0.3, -0.25) is 4.79 Å². The van der Waals surface area contributed by atoms with Crippen LogP contribution in [0.5, 0.6) is 11.5 Å². The average Bonchev–Trinajstić information content (AvgIpc) is 2.88. The van der Waals surface area contributed by atoms with E-state index in [0.717, 1.165) is 20.8 Å². The fraction of sp³-hybridized carbons (Fsp3) is 0.103. The molecule has 0 radical (unpaired) electrons. The van der Waals surface area contributed by atoms with Gasteiger partial charge in [0.05, 0.1) is 16.8 Å². The zero-order valence-corrected chi connectivity index (χ0v) is 22.6. The van der Waals surface area contributed by atoms with Crippen LogP contribution in [0.4, 0.5) is 5.69 Å². The van der Waals surface area contributed by atoms with Gasteiger partial charge in [-0.25, -0.2) is 0 Å². The number of benzene rings is 4. The molecule has 0 bridgehead atoms. The van der Waals surface area contributed by atoms with Gasteiger partial charge in [-0.15, -0.1) is 0 Å². The molecular formula is C29H22Br2N2O3. The van der Waals surface area contributed by atoms with Gasteiger partial charge in [-0.1, -0.05) is 54.6 Å². The van der Waals surface area contributed by atoms with Crippen LogP contribution in [0.1, 0.15) is 18.1 Å². The van der Waals surface area contributed by atoms with Gasteiger partial charge in [0.15, 0.2) is 11.5 Å². The Labute approximate surface area is 226 Å². The molecule has 0 atom stereocenters. The maximum atomic E-state index is 12.7. The highest BCUT2D eigenvalue weighted by Gasteiger charge is 2.16. The van der Waals surface area contributed by atoms with Crippen LogP contribution in [0.25, 0.3) is 16.8 Å². The number of halogens is 2. The zero-order chi connectivity index (χ0) is 25.5. The number of carbonyl (C=O) groups excluding carboxylic acids is 1. The minimum atomic E-state index is -0.505. The maximum absolute atomic E-state index is 12.7. The molecular weight excluding hydrogens is 584 g/mol. The lowest BCUT2D eigenvalue weighted by Gasteiger charge is -2.16. The van der Waals surface area contributed by atoms with Gasteiger partial charge in [0.1, 0.15) is 18.2 Å². The van der Waals surface area contributed by atoms with E-state index >= 15 is 0 Å². The number of anilines is 1. The number of hydrogen-bond acceptors (Lipinski definition) is 4. The number of rotatable bonds is 8. The molecule has 0 aliphatic carbocycles. The number of fused-ring (bicyclic) bond motifs is 1. The lowest BCUT2D eigenvalue weighted by molar-refractivity contribution is -0.112. The minimum Gasteiger partial charge on any atom is -0.490 e. The van der Waals surface area contributed by atoms with E-state index in [2.05, 4.69) is 55.4 Å². The Morgan fingerprint density at radius 3 is 2.50 bits per heavy atom. The van der Waals surface area contributed by atoms with Gasteiger partial charge in [0.2, 0.25) is 0 Å². The second-order valence-corrected chi connectivity index (χ2v) is 9.50. The summed E-state index contributed by atoms with van der Waals surface area (Å²) in [5.41, 5.74) is 2.23. The van der Waals surface area contributed by atoms with Gasteiger partial charge in [0.25, 0.3) is 5.91 Å². The molecule has 1 amide bonds. The number of para-hydroxylation sites is 1. The number of nitrogens with one attached hydrogen (secondary N) is 1. The van der Waals surface area contributed by atoms with Crippen molar-refractivity contribution in [1.82, 2.24) is 0 Å². The fourth-order valence-corrected chi connectivity index (χ4v) is 4.67. The molecule has 0 heterocycles. The molecule has 0 aromatic heterocycles. The molecule has 0 aliphatic rings. The molecule has 5 nitrogen and oxygen atoms in total. The van der Waals surface area contributed by atoms with Gasteiger partial charge in [-0.05, 0) is 91.0 Å². The number of hydrogen-bond donors (Lipinski definition) is 1. The van der Waals surface area contributed by atoms with Crippen LogP contribution in [-0.2, 0) is 11.4 Å². The number of nitrogens with zero attached hydrogens (tertiary/aromatic N) is 1. The summed E-state index contributed by atoms with van der Waals surface area (Å²) in [7, 11) is 0. The quantitative estimate of drug-likeness (QED) is 0.164. The molecule has 4 aromatic carbocycles. The summed E-state index contributed by atoms with van der Waals surface area (Å²) in [5.74, 6) is 0.565.